The maximum absolute atomic E-state index is 11.9. The van der Waals surface area contributed by atoms with Crippen LogP contribution in [0.25, 0.3) is 0 Å². The van der Waals surface area contributed by atoms with Crippen LogP contribution in [0.15, 0.2) is 0 Å². The summed E-state index contributed by atoms with van der Waals surface area (Å²) in [5.74, 6) is -0.437. The molecule has 0 aromatic rings. The van der Waals surface area contributed by atoms with Gasteiger partial charge in [-0.3, -0.25) is 19.8 Å². The summed E-state index contributed by atoms with van der Waals surface area (Å²) in [6.07, 6.45) is 6.29. The summed E-state index contributed by atoms with van der Waals surface area (Å²) in [5, 5.41) is 2.24. The van der Waals surface area contributed by atoms with Crippen LogP contribution in [-0.2, 0) is 9.59 Å². The number of urea groups is 1. The van der Waals surface area contributed by atoms with Gasteiger partial charge in [0.1, 0.15) is 6.42 Å². The number of barbiturate groups is 1. The van der Waals surface area contributed by atoms with E-state index in [-0.39, 0.29) is 18.4 Å². The van der Waals surface area contributed by atoms with Gasteiger partial charge in [-0.15, -0.1) is 0 Å². The molecule has 18 heavy (non-hydrogen) atoms. The summed E-state index contributed by atoms with van der Waals surface area (Å²) in [6, 6.07) is -0.584. The Balaban J connectivity index is 2.12. The molecule has 1 aliphatic heterocycles. The molecule has 0 bridgehead atoms. The topological polar surface area (TPSA) is 66.5 Å². The highest BCUT2D eigenvalue weighted by molar-refractivity contribution is 6.14. The van der Waals surface area contributed by atoms with Crippen molar-refractivity contribution in [3.8, 4) is 0 Å². The van der Waals surface area contributed by atoms with Gasteiger partial charge >= 0.3 is 6.03 Å². The molecular formula is C13H20N2O3. The molecule has 1 unspecified atom stereocenters. The molecule has 0 radical (unpaired) electrons. The van der Waals surface area contributed by atoms with E-state index in [2.05, 4.69) is 5.32 Å². The van der Waals surface area contributed by atoms with Crippen molar-refractivity contribution in [2.45, 2.75) is 57.9 Å². The lowest BCUT2D eigenvalue weighted by Gasteiger charge is -2.38. The average Bonchev–Trinajstić information content (AvgIpc) is 2.34. The maximum atomic E-state index is 11.9. The van der Waals surface area contributed by atoms with Gasteiger partial charge in [0.25, 0.3) is 0 Å². The Kier molecular flexibility index (Phi) is 3.99. The van der Waals surface area contributed by atoms with Crippen LogP contribution in [0.5, 0.6) is 0 Å². The molecule has 0 spiro atoms. The van der Waals surface area contributed by atoms with E-state index in [1.807, 2.05) is 6.92 Å². The zero-order valence-electron chi connectivity index (χ0n) is 10.8. The first-order valence-corrected chi connectivity index (χ1v) is 6.79. The summed E-state index contributed by atoms with van der Waals surface area (Å²) in [7, 11) is 0. The Bertz CT molecular complexity index is 341. The van der Waals surface area contributed by atoms with Crippen LogP contribution >= 0.6 is 0 Å². The molecule has 1 saturated heterocycles. The van der Waals surface area contributed by atoms with Gasteiger partial charge in [0.05, 0.1) is 0 Å². The van der Waals surface area contributed by atoms with E-state index in [0.29, 0.717) is 5.92 Å². The fraction of sp³-hybridized carbons (Fsp3) is 0.769. The number of carbonyl (C=O) groups is 3. The number of nitrogens with zero attached hydrogens (tertiary/aromatic N) is 1. The van der Waals surface area contributed by atoms with Crippen molar-refractivity contribution in [2.75, 3.05) is 0 Å². The van der Waals surface area contributed by atoms with Crippen molar-refractivity contribution in [3.05, 3.63) is 0 Å². The molecule has 1 atom stereocenters. The smallest absolute Gasteiger partial charge is 0.277 e. The maximum Gasteiger partial charge on any atom is 0.331 e. The van der Waals surface area contributed by atoms with Gasteiger partial charge in [0.15, 0.2) is 0 Å². The fourth-order valence-corrected chi connectivity index (χ4v) is 3.14. The second-order valence-electron chi connectivity index (χ2n) is 5.17. The molecule has 0 aromatic heterocycles. The second kappa shape index (κ2) is 5.50. The van der Waals surface area contributed by atoms with Crippen molar-refractivity contribution < 1.29 is 14.4 Å². The van der Waals surface area contributed by atoms with Crippen LogP contribution in [-0.4, -0.2) is 28.8 Å². The standard InChI is InChI=1S/C13H20N2O3/c1-2-10(9-6-4-3-5-7-9)15-12(17)8-11(16)14-13(15)18/h9-10H,2-8H2,1H3,(H,14,16,18). The van der Waals surface area contributed by atoms with E-state index >= 15 is 0 Å². The largest absolute Gasteiger partial charge is 0.331 e. The number of imide groups is 2. The van der Waals surface area contributed by atoms with E-state index < -0.39 is 11.9 Å². The number of nitrogens with one attached hydrogen (secondary N) is 1. The Morgan fingerprint density at radius 3 is 2.44 bits per heavy atom. The Morgan fingerprint density at radius 2 is 1.89 bits per heavy atom. The van der Waals surface area contributed by atoms with Gasteiger partial charge in [0, 0.05) is 6.04 Å². The zero-order valence-corrected chi connectivity index (χ0v) is 10.8. The lowest BCUT2D eigenvalue weighted by molar-refractivity contribution is -0.138. The predicted molar refractivity (Wildman–Crippen MR) is 65.7 cm³/mol. The van der Waals surface area contributed by atoms with Crippen LogP contribution in [0.2, 0.25) is 0 Å². The third-order valence-corrected chi connectivity index (χ3v) is 3.99. The van der Waals surface area contributed by atoms with E-state index in [1.165, 1.54) is 24.2 Å². The number of hydrogen-bond donors (Lipinski definition) is 1. The van der Waals surface area contributed by atoms with Crippen LogP contribution < -0.4 is 5.32 Å². The summed E-state index contributed by atoms with van der Waals surface area (Å²) < 4.78 is 0. The number of amides is 4. The van der Waals surface area contributed by atoms with E-state index in [9.17, 15) is 14.4 Å². The minimum atomic E-state index is -0.534. The SMILES string of the molecule is CCC(C1CCCCC1)N1C(=O)CC(=O)NC1=O. The highest BCUT2D eigenvalue weighted by Gasteiger charge is 2.38. The van der Waals surface area contributed by atoms with Gasteiger partial charge < -0.3 is 0 Å². The normalized spacial score (nSPS) is 24.1. The Labute approximate surface area is 107 Å². The van der Waals surface area contributed by atoms with Gasteiger partial charge in [0.2, 0.25) is 11.8 Å². The summed E-state index contributed by atoms with van der Waals surface area (Å²) in [6.45, 7) is 2.00. The summed E-state index contributed by atoms with van der Waals surface area (Å²) in [4.78, 5) is 36.2. The molecule has 2 aliphatic rings. The Hall–Kier alpha value is -1.39. The predicted octanol–water partition coefficient (Wildman–Crippen LogP) is 1.81. The number of hydrogen-bond acceptors (Lipinski definition) is 3. The molecule has 0 aromatic carbocycles. The fourth-order valence-electron chi connectivity index (χ4n) is 3.14. The van der Waals surface area contributed by atoms with Gasteiger partial charge in [-0.25, -0.2) is 4.79 Å². The van der Waals surface area contributed by atoms with Crippen molar-refractivity contribution >= 4 is 17.8 Å². The first kappa shape index (κ1) is 13.1. The Morgan fingerprint density at radius 1 is 1.22 bits per heavy atom. The number of carbonyl (C=O) groups excluding carboxylic acids is 3. The van der Waals surface area contributed by atoms with Crippen molar-refractivity contribution in [1.82, 2.24) is 10.2 Å². The van der Waals surface area contributed by atoms with Crippen molar-refractivity contribution in [3.63, 3.8) is 0 Å². The van der Waals surface area contributed by atoms with Crippen LogP contribution in [0, 0.1) is 5.92 Å². The first-order valence-electron chi connectivity index (χ1n) is 6.79. The molecule has 4 amide bonds. The zero-order chi connectivity index (χ0) is 13.1. The third kappa shape index (κ3) is 2.54. The van der Waals surface area contributed by atoms with Crippen LogP contribution in [0.4, 0.5) is 4.79 Å². The van der Waals surface area contributed by atoms with Crippen molar-refractivity contribution in [1.29, 1.82) is 0 Å². The highest BCUT2D eigenvalue weighted by atomic mass is 16.2. The number of rotatable bonds is 3. The lowest BCUT2D eigenvalue weighted by atomic mass is 9.82. The molecule has 1 heterocycles. The van der Waals surface area contributed by atoms with Crippen molar-refractivity contribution in [2.24, 2.45) is 5.92 Å². The van der Waals surface area contributed by atoms with Crippen LogP contribution in [0.1, 0.15) is 51.9 Å². The summed E-state index contributed by atoms with van der Waals surface area (Å²) in [5.41, 5.74) is 0. The van der Waals surface area contributed by atoms with Gasteiger partial charge in [-0.05, 0) is 25.2 Å². The van der Waals surface area contributed by atoms with E-state index in [0.717, 1.165) is 19.3 Å². The molecule has 2 fully saturated rings. The highest BCUT2D eigenvalue weighted by Crippen LogP contribution is 2.31. The molecule has 1 aliphatic carbocycles. The quantitative estimate of drug-likeness (QED) is 0.779. The van der Waals surface area contributed by atoms with Crippen LogP contribution in [0.3, 0.4) is 0 Å². The average molecular weight is 252 g/mol. The minimum absolute atomic E-state index is 0.0501. The molecular weight excluding hydrogens is 232 g/mol. The lowest BCUT2D eigenvalue weighted by Crippen LogP contribution is -2.58. The third-order valence-electron chi connectivity index (χ3n) is 3.99. The molecule has 5 heteroatoms. The monoisotopic (exact) mass is 252 g/mol. The summed E-state index contributed by atoms with van der Waals surface area (Å²) >= 11 is 0. The minimum Gasteiger partial charge on any atom is -0.277 e. The van der Waals surface area contributed by atoms with E-state index in [1.54, 1.807) is 0 Å². The van der Waals surface area contributed by atoms with E-state index in [4.69, 9.17) is 0 Å². The molecule has 100 valence electrons. The molecule has 1 N–H and O–H groups in total. The second-order valence-corrected chi connectivity index (χ2v) is 5.17. The molecule has 2 rings (SSSR count). The van der Waals surface area contributed by atoms with Gasteiger partial charge in [-0.1, -0.05) is 26.2 Å². The molecule has 1 saturated carbocycles. The molecule has 5 nitrogen and oxygen atoms in total. The first-order chi connectivity index (χ1) is 8.63. The van der Waals surface area contributed by atoms with Gasteiger partial charge in [-0.2, -0.15) is 0 Å².